The van der Waals surface area contributed by atoms with Crippen LogP contribution < -0.4 is 4.74 Å². The molecule has 0 bridgehead atoms. The Kier molecular flexibility index (Phi) is 4.42. The van der Waals surface area contributed by atoms with Gasteiger partial charge in [0.2, 0.25) is 0 Å². The van der Waals surface area contributed by atoms with Crippen LogP contribution in [0.2, 0.25) is 0 Å². The van der Waals surface area contributed by atoms with Crippen LogP contribution >= 0.6 is 0 Å². The molecular weight excluding hydrogens is 350 g/mol. The summed E-state index contributed by atoms with van der Waals surface area (Å²) >= 11 is 0. The van der Waals surface area contributed by atoms with Crippen molar-refractivity contribution < 1.29 is 14.6 Å². The van der Waals surface area contributed by atoms with Gasteiger partial charge in [0.15, 0.2) is 0 Å². The second-order valence-corrected chi connectivity index (χ2v) is 8.77. The van der Waals surface area contributed by atoms with E-state index in [4.69, 9.17) is 4.74 Å². The Labute approximate surface area is 165 Å². The maximum Gasteiger partial charge on any atom is 0.309 e. The molecule has 0 aromatic heterocycles. The molecule has 0 heterocycles. The monoisotopic (exact) mass is 375 g/mol. The average molecular weight is 375 g/mol. The molecule has 0 saturated heterocycles. The lowest BCUT2D eigenvalue weighted by Crippen LogP contribution is -2.53. The van der Waals surface area contributed by atoms with Crippen molar-refractivity contribution in [2.75, 3.05) is 0 Å². The lowest BCUT2D eigenvalue weighted by Gasteiger charge is -2.56. The Balaban J connectivity index is 1.55. The Hall–Kier alpha value is -2.80. The second kappa shape index (κ2) is 6.67. The van der Waals surface area contributed by atoms with Crippen molar-refractivity contribution in [3.63, 3.8) is 0 Å². The Morgan fingerprint density at radius 2 is 1.82 bits per heavy atom. The number of nitrogens with zero attached hydrogens (tertiary/aromatic N) is 1. The molecule has 2 aromatic carbocycles. The standard InChI is InChI=1S/C24H25NO3/c1-23(2)20(14-21(23)24(11-12-24)22(26)27)19(15-25)16-7-6-10-18(13-16)28-17-8-4-3-5-9-17/h3-10,13,19-21H,11-12,14H2,1-2H3,(H,26,27)/t19-,20+,21-/m0/s1. The minimum atomic E-state index is -0.671. The highest BCUT2D eigenvalue weighted by molar-refractivity contribution is 5.78. The van der Waals surface area contributed by atoms with Crippen LogP contribution in [-0.2, 0) is 4.79 Å². The summed E-state index contributed by atoms with van der Waals surface area (Å²) in [6.45, 7) is 4.26. The summed E-state index contributed by atoms with van der Waals surface area (Å²) in [7, 11) is 0. The van der Waals surface area contributed by atoms with Crippen LogP contribution in [-0.4, -0.2) is 11.1 Å². The van der Waals surface area contributed by atoms with Gasteiger partial charge in [0.05, 0.1) is 17.4 Å². The fourth-order valence-corrected chi connectivity index (χ4v) is 5.10. The zero-order chi connectivity index (χ0) is 19.9. The van der Waals surface area contributed by atoms with E-state index in [-0.39, 0.29) is 23.2 Å². The van der Waals surface area contributed by atoms with Gasteiger partial charge in [-0.3, -0.25) is 4.79 Å². The second-order valence-electron chi connectivity index (χ2n) is 8.77. The normalized spacial score (nSPS) is 25.0. The fraction of sp³-hybridized carbons (Fsp3) is 0.417. The molecule has 0 aliphatic heterocycles. The molecule has 2 saturated carbocycles. The maximum absolute atomic E-state index is 11.8. The fourth-order valence-electron chi connectivity index (χ4n) is 5.10. The number of ether oxygens (including phenoxy) is 1. The van der Waals surface area contributed by atoms with Gasteiger partial charge in [-0.05, 0) is 66.3 Å². The van der Waals surface area contributed by atoms with Crippen LogP contribution in [0.4, 0.5) is 0 Å². The summed E-state index contributed by atoms with van der Waals surface area (Å²) in [5.41, 5.74) is 0.205. The van der Waals surface area contributed by atoms with Gasteiger partial charge in [-0.1, -0.05) is 44.2 Å². The van der Waals surface area contributed by atoms with Crippen LogP contribution in [0.15, 0.2) is 54.6 Å². The SMILES string of the molecule is CC1(C)[C@@H]([C@@H](C#N)c2cccc(Oc3ccccc3)c2)C[C@@H]1C1(C(=O)O)CC1. The molecule has 0 amide bonds. The Morgan fingerprint density at radius 1 is 1.14 bits per heavy atom. The van der Waals surface area contributed by atoms with Gasteiger partial charge in [-0.25, -0.2) is 0 Å². The van der Waals surface area contributed by atoms with Crippen molar-refractivity contribution in [3.05, 3.63) is 60.2 Å². The molecule has 2 aromatic rings. The molecule has 28 heavy (non-hydrogen) atoms. The molecule has 3 atom stereocenters. The first-order valence-corrected chi connectivity index (χ1v) is 9.84. The lowest BCUT2D eigenvalue weighted by molar-refractivity contribution is -0.157. The van der Waals surface area contributed by atoms with E-state index in [0.717, 1.165) is 30.6 Å². The summed E-state index contributed by atoms with van der Waals surface area (Å²) < 4.78 is 5.93. The third-order valence-corrected chi connectivity index (χ3v) is 6.96. The van der Waals surface area contributed by atoms with Crippen LogP contribution in [0.1, 0.15) is 44.6 Å². The minimum absolute atomic E-state index is 0.141. The number of carboxylic acid groups (broad SMARTS) is 1. The van der Waals surface area contributed by atoms with Crippen LogP contribution in [0.25, 0.3) is 0 Å². The molecule has 0 radical (unpaired) electrons. The summed E-state index contributed by atoms with van der Waals surface area (Å²) in [5, 5.41) is 19.6. The van der Waals surface area contributed by atoms with Crippen LogP contribution in [0, 0.1) is 34.0 Å². The molecule has 2 aliphatic carbocycles. The number of aliphatic carboxylic acids is 1. The Bertz CT molecular complexity index is 924. The van der Waals surface area contributed by atoms with E-state index in [0.29, 0.717) is 5.75 Å². The van der Waals surface area contributed by atoms with E-state index in [1.165, 1.54) is 0 Å². The number of carbonyl (C=O) groups is 1. The van der Waals surface area contributed by atoms with Gasteiger partial charge in [-0.2, -0.15) is 5.26 Å². The number of carboxylic acids is 1. The number of hydrogen-bond acceptors (Lipinski definition) is 3. The van der Waals surface area contributed by atoms with E-state index in [1.807, 2.05) is 54.6 Å². The first kappa shape index (κ1) is 18.6. The summed E-state index contributed by atoms with van der Waals surface area (Å²) in [6.07, 6.45) is 2.32. The number of rotatable bonds is 6. The maximum atomic E-state index is 11.8. The number of benzene rings is 2. The van der Waals surface area contributed by atoms with Crippen molar-refractivity contribution >= 4 is 5.97 Å². The molecular formula is C24H25NO3. The van der Waals surface area contributed by atoms with Gasteiger partial charge < -0.3 is 9.84 Å². The van der Waals surface area contributed by atoms with Gasteiger partial charge in [0.1, 0.15) is 11.5 Å². The average Bonchev–Trinajstić information content (AvgIpc) is 3.47. The van der Waals surface area contributed by atoms with Gasteiger partial charge in [0.25, 0.3) is 0 Å². The highest BCUT2D eigenvalue weighted by Gasteiger charge is 2.67. The van der Waals surface area contributed by atoms with Crippen LogP contribution in [0.5, 0.6) is 11.5 Å². The molecule has 2 aliphatic rings. The van der Waals surface area contributed by atoms with Crippen molar-refractivity contribution in [2.45, 2.75) is 39.0 Å². The molecule has 4 heteroatoms. The summed E-state index contributed by atoms with van der Waals surface area (Å²) in [6, 6.07) is 19.8. The smallest absolute Gasteiger partial charge is 0.309 e. The molecule has 0 unspecified atom stereocenters. The highest BCUT2D eigenvalue weighted by Crippen LogP contribution is 2.69. The zero-order valence-electron chi connectivity index (χ0n) is 16.3. The predicted octanol–water partition coefficient (Wildman–Crippen LogP) is 5.61. The Morgan fingerprint density at radius 3 is 2.39 bits per heavy atom. The topological polar surface area (TPSA) is 70.3 Å². The van der Waals surface area contributed by atoms with E-state index in [1.54, 1.807) is 0 Å². The highest BCUT2D eigenvalue weighted by atomic mass is 16.5. The number of para-hydroxylation sites is 1. The van der Waals surface area contributed by atoms with E-state index >= 15 is 0 Å². The third-order valence-electron chi connectivity index (χ3n) is 6.96. The zero-order valence-corrected chi connectivity index (χ0v) is 16.3. The first-order chi connectivity index (χ1) is 13.4. The van der Waals surface area contributed by atoms with Gasteiger partial charge in [-0.15, -0.1) is 0 Å². The van der Waals surface area contributed by atoms with Crippen molar-refractivity contribution in [3.8, 4) is 17.6 Å². The third kappa shape index (κ3) is 2.96. The molecule has 0 spiro atoms. The molecule has 1 N–H and O–H groups in total. The quantitative estimate of drug-likeness (QED) is 0.712. The molecule has 2 fully saturated rings. The molecule has 4 nitrogen and oxygen atoms in total. The largest absolute Gasteiger partial charge is 0.481 e. The van der Waals surface area contributed by atoms with Crippen molar-refractivity contribution in [2.24, 2.45) is 22.7 Å². The lowest BCUT2D eigenvalue weighted by atomic mass is 9.46. The minimum Gasteiger partial charge on any atom is -0.481 e. The van der Waals surface area contributed by atoms with Crippen LogP contribution in [0.3, 0.4) is 0 Å². The van der Waals surface area contributed by atoms with Crippen molar-refractivity contribution in [1.29, 1.82) is 5.26 Å². The van der Waals surface area contributed by atoms with Crippen molar-refractivity contribution in [1.82, 2.24) is 0 Å². The predicted molar refractivity (Wildman–Crippen MR) is 106 cm³/mol. The van der Waals surface area contributed by atoms with E-state index in [9.17, 15) is 15.2 Å². The molecule has 4 rings (SSSR count). The summed E-state index contributed by atoms with van der Waals surface area (Å²) in [5.74, 6) is 0.815. The molecule has 144 valence electrons. The van der Waals surface area contributed by atoms with Gasteiger partial charge >= 0.3 is 5.97 Å². The number of nitriles is 1. The first-order valence-electron chi connectivity index (χ1n) is 9.84. The van der Waals surface area contributed by atoms with E-state index < -0.39 is 11.4 Å². The summed E-state index contributed by atoms with van der Waals surface area (Å²) in [4.78, 5) is 11.8. The van der Waals surface area contributed by atoms with E-state index in [2.05, 4.69) is 19.9 Å². The van der Waals surface area contributed by atoms with Gasteiger partial charge in [0, 0.05) is 0 Å². The number of hydrogen-bond donors (Lipinski definition) is 1.